The lowest BCUT2D eigenvalue weighted by molar-refractivity contribution is -0.167. The Labute approximate surface area is 506 Å². The van der Waals surface area contributed by atoms with Gasteiger partial charge in [0, 0.05) is 69.7 Å². The second-order valence-electron chi connectivity index (χ2n) is 20.6. The predicted molar refractivity (Wildman–Crippen MR) is 295 cm³/mol. The van der Waals surface area contributed by atoms with E-state index < -0.39 is 165 Å². The Bertz CT molecular complexity index is 3330. The van der Waals surface area contributed by atoms with Crippen molar-refractivity contribution < 1.29 is 128 Å². The zero-order valence-corrected chi connectivity index (χ0v) is 49.7. The number of nitrogens with zero attached hydrogens (tertiary/aromatic N) is 2. The van der Waals surface area contributed by atoms with Gasteiger partial charge in [-0.1, -0.05) is 13.8 Å². The van der Waals surface area contributed by atoms with Crippen molar-refractivity contribution in [3.63, 3.8) is 0 Å². The maximum atomic E-state index is 16.6. The molecular formula is C60H62F2N2O25. The minimum atomic E-state index is -2.36. The second-order valence-corrected chi connectivity index (χ2v) is 20.6. The zero-order valence-electron chi connectivity index (χ0n) is 49.7. The van der Waals surface area contributed by atoms with Crippen molar-refractivity contribution in [2.75, 3.05) is 70.3 Å². The molecule has 0 saturated heterocycles. The number of methoxy groups -OCH3 is 1. The highest BCUT2D eigenvalue weighted by atomic mass is 19.1. The van der Waals surface area contributed by atoms with E-state index in [9.17, 15) is 52.7 Å². The lowest BCUT2D eigenvalue weighted by Gasteiger charge is -2.44. The van der Waals surface area contributed by atoms with Crippen LogP contribution in [-0.4, -0.2) is 138 Å². The molecule has 0 N–H and O–H groups in total. The number of hydrogen-bond acceptors (Lipinski definition) is 27. The fourth-order valence-corrected chi connectivity index (χ4v) is 10.1. The van der Waals surface area contributed by atoms with Crippen molar-refractivity contribution in [2.24, 2.45) is 0 Å². The molecule has 1 spiro atoms. The largest absolute Gasteiger partial charge is 0.497 e. The van der Waals surface area contributed by atoms with Gasteiger partial charge in [0.15, 0.2) is 28.7 Å². The molecule has 0 aromatic heterocycles. The van der Waals surface area contributed by atoms with Crippen LogP contribution >= 0.6 is 0 Å². The fraction of sp³-hybridized carbons (Fsp3) is 0.417. The molecular weight excluding hydrogens is 1190 g/mol. The van der Waals surface area contributed by atoms with Crippen LogP contribution in [-0.2, 0) is 102 Å². The van der Waals surface area contributed by atoms with Crippen LogP contribution in [0.1, 0.15) is 119 Å². The molecule has 0 amide bonds. The smallest absolute Gasteiger partial charge is 0.340 e. The number of hydrogen-bond donors (Lipinski definition) is 0. The predicted octanol–water partition coefficient (Wildman–Crippen LogP) is 5.56. The molecule has 4 aromatic rings. The Morgan fingerprint density at radius 1 is 0.483 bits per heavy atom. The van der Waals surface area contributed by atoms with Gasteiger partial charge < -0.3 is 76.1 Å². The van der Waals surface area contributed by atoms with Gasteiger partial charge in [0.2, 0.25) is 27.2 Å². The molecule has 4 aromatic carbocycles. The molecule has 2 atom stereocenters. The third-order valence-electron chi connectivity index (χ3n) is 14.0. The summed E-state index contributed by atoms with van der Waals surface area (Å²) in [6.07, 6.45) is -0.796. The summed E-state index contributed by atoms with van der Waals surface area (Å²) >= 11 is 0. The lowest BCUT2D eigenvalue weighted by atomic mass is 9.61. The summed E-state index contributed by atoms with van der Waals surface area (Å²) in [7, 11) is 1.35. The SMILES string of the molecule is COc1ccc(N(CC(=O)OCOC(C)=O)CC(=O)OCOC(C)=O)c(OC2CCCCC2Oc2cc3c(cc2N(CC(=O)OCOC(C)=O)CC(=O)OCOC(C)=O)C(=O)OC32c3cc(F)c(OC(C)=O)cc3C(C)(C)c3cc(OC(C)=O)c(F)cc32)c1. The van der Waals surface area contributed by atoms with Crippen molar-refractivity contribution >= 4 is 77.0 Å². The molecule has 1 aliphatic heterocycles. The van der Waals surface area contributed by atoms with Crippen LogP contribution in [0.3, 0.4) is 0 Å². The topological polar surface area (TPSA) is 323 Å². The number of halogens is 2. The average Bonchev–Trinajstić information content (AvgIpc) is 1.65. The molecule has 27 nitrogen and oxygen atoms in total. The van der Waals surface area contributed by atoms with E-state index in [1.807, 2.05) is 0 Å². The van der Waals surface area contributed by atoms with Crippen molar-refractivity contribution in [1.82, 2.24) is 0 Å². The Kier molecular flexibility index (Phi) is 21.4. The van der Waals surface area contributed by atoms with Gasteiger partial charge in [-0.25, -0.2) is 13.6 Å². The molecule has 1 fully saturated rings. The van der Waals surface area contributed by atoms with Gasteiger partial charge in [-0.05, 0) is 85.3 Å². The summed E-state index contributed by atoms with van der Waals surface area (Å²) in [5.74, 6) is -13.7. The number of fused-ring (bicyclic) bond motifs is 6. The molecule has 89 heavy (non-hydrogen) atoms. The quantitative estimate of drug-likeness (QED) is 0.0339. The van der Waals surface area contributed by atoms with Gasteiger partial charge in [0.25, 0.3) is 0 Å². The van der Waals surface area contributed by atoms with Crippen LogP contribution in [0.2, 0.25) is 0 Å². The van der Waals surface area contributed by atoms with E-state index in [4.69, 9.17) is 66.3 Å². The minimum absolute atomic E-state index is 0.0337. The number of benzene rings is 4. The van der Waals surface area contributed by atoms with Crippen molar-refractivity contribution in [2.45, 2.75) is 104 Å². The number of rotatable bonds is 25. The Morgan fingerprint density at radius 3 is 1.25 bits per heavy atom. The molecule has 29 heteroatoms. The second kappa shape index (κ2) is 28.6. The molecule has 2 aliphatic carbocycles. The minimum Gasteiger partial charge on any atom is -0.497 e. The molecule has 7 rings (SSSR count). The van der Waals surface area contributed by atoms with Gasteiger partial charge in [-0.3, -0.25) is 47.9 Å². The molecule has 2 unspecified atom stereocenters. The first-order chi connectivity index (χ1) is 42.1. The first kappa shape index (κ1) is 66.4. The number of anilines is 2. The van der Waals surface area contributed by atoms with Crippen LogP contribution in [0.4, 0.5) is 20.2 Å². The molecule has 1 heterocycles. The highest BCUT2D eigenvalue weighted by molar-refractivity contribution is 5.99. The van der Waals surface area contributed by atoms with E-state index in [0.29, 0.717) is 12.8 Å². The molecule has 1 saturated carbocycles. The molecule has 3 aliphatic rings. The zero-order chi connectivity index (χ0) is 65.1. The first-order valence-corrected chi connectivity index (χ1v) is 27.3. The summed E-state index contributed by atoms with van der Waals surface area (Å²) in [5, 5.41) is 0. The summed E-state index contributed by atoms with van der Waals surface area (Å²) in [6.45, 7) is 3.17. The van der Waals surface area contributed by atoms with E-state index in [1.165, 1.54) is 54.5 Å². The van der Waals surface area contributed by atoms with Gasteiger partial charge in [-0.15, -0.1) is 0 Å². The van der Waals surface area contributed by atoms with Gasteiger partial charge in [0.05, 0.1) is 24.0 Å². The van der Waals surface area contributed by atoms with Crippen LogP contribution in [0.25, 0.3) is 0 Å². The highest BCUT2D eigenvalue weighted by Gasteiger charge is 2.57. The standard InChI is InChI=1S/C60H62F2N2O25/c1-31(65)77-27-81-54(71)23-63(24-55(72)82-28-78-32(2)66)46-15-14-37(76-9)16-52(46)87-48-12-10-11-13-49(48)88-53-20-39-38(17-47(53)64(25-56(73)83-29-79-33(3)67)26-57(74)84-30-80-34(4)68)58(75)89-60(39)42-18-44(61)50(85-35(5)69)21-40(42)59(7,8)41-22-51(86-36(6)70)45(62)19-43(41)60/h14-22,48-49H,10-13,23-30H2,1-9H3. The summed E-state index contributed by atoms with van der Waals surface area (Å²) in [6, 6.07) is 11.1. The van der Waals surface area contributed by atoms with Crippen molar-refractivity contribution in [3.05, 3.63) is 99.6 Å². The van der Waals surface area contributed by atoms with E-state index in [2.05, 4.69) is 0 Å². The van der Waals surface area contributed by atoms with Crippen LogP contribution in [0.5, 0.6) is 28.7 Å². The first-order valence-electron chi connectivity index (χ1n) is 27.3. The Morgan fingerprint density at radius 2 is 0.865 bits per heavy atom. The summed E-state index contributed by atoms with van der Waals surface area (Å²) < 4.78 is 109. The fourth-order valence-electron chi connectivity index (χ4n) is 10.1. The summed E-state index contributed by atoms with van der Waals surface area (Å²) in [4.78, 5) is 142. The number of carbonyl (C=O) groups excluding carboxylic acids is 11. The van der Waals surface area contributed by atoms with E-state index in [1.54, 1.807) is 13.8 Å². The lowest BCUT2D eigenvalue weighted by Crippen LogP contribution is -2.42. The number of carbonyl (C=O) groups is 11. The van der Waals surface area contributed by atoms with E-state index in [0.717, 1.165) is 58.6 Å². The molecule has 0 radical (unpaired) electrons. The van der Waals surface area contributed by atoms with Crippen LogP contribution in [0, 0.1) is 11.6 Å². The summed E-state index contributed by atoms with van der Waals surface area (Å²) in [5.41, 5.74) is -4.23. The van der Waals surface area contributed by atoms with Gasteiger partial charge >= 0.3 is 65.7 Å². The van der Waals surface area contributed by atoms with Crippen molar-refractivity contribution in [1.29, 1.82) is 0 Å². The average molecular weight is 1250 g/mol. The molecule has 476 valence electrons. The van der Waals surface area contributed by atoms with Gasteiger partial charge in [0.1, 0.15) is 55.6 Å². The maximum absolute atomic E-state index is 16.6. The Balaban J connectivity index is 1.44. The third kappa shape index (κ3) is 16.1. The Hall–Kier alpha value is -10.1. The van der Waals surface area contributed by atoms with Crippen molar-refractivity contribution in [3.8, 4) is 28.7 Å². The van der Waals surface area contributed by atoms with E-state index >= 15 is 8.78 Å². The third-order valence-corrected chi connectivity index (χ3v) is 14.0. The highest BCUT2D eigenvalue weighted by Crippen LogP contribution is 2.59. The van der Waals surface area contributed by atoms with Crippen LogP contribution in [0.15, 0.2) is 54.6 Å². The maximum Gasteiger partial charge on any atom is 0.340 e. The number of ether oxygens (including phenoxy) is 14. The van der Waals surface area contributed by atoms with Crippen LogP contribution < -0.4 is 33.5 Å². The number of esters is 11. The van der Waals surface area contributed by atoms with Gasteiger partial charge in [-0.2, -0.15) is 0 Å². The normalized spacial score (nSPS) is 15.4. The van der Waals surface area contributed by atoms with E-state index in [-0.39, 0.29) is 74.8 Å². The molecule has 0 bridgehead atoms. The monoisotopic (exact) mass is 1250 g/mol.